The van der Waals surface area contributed by atoms with Crippen molar-refractivity contribution in [2.45, 2.75) is 12.8 Å². The van der Waals surface area contributed by atoms with Crippen molar-refractivity contribution in [3.63, 3.8) is 0 Å². The smallest absolute Gasteiger partial charge is 0.261 e. The number of hydrogen-bond acceptors (Lipinski definition) is 6. The Hall–Kier alpha value is -4.23. The van der Waals surface area contributed by atoms with Crippen LogP contribution in [-0.4, -0.2) is 29.3 Å². The van der Waals surface area contributed by atoms with Crippen LogP contribution in [0.15, 0.2) is 97.1 Å². The molecule has 5 rings (SSSR count). The molecule has 7 heteroatoms. The lowest BCUT2D eigenvalue weighted by Gasteiger charge is -2.18. The number of aromatic nitrogens is 2. The molecule has 2 N–H and O–H groups in total. The first kappa shape index (κ1) is 23.5. The van der Waals surface area contributed by atoms with Crippen LogP contribution < -0.4 is 15.4 Å². The van der Waals surface area contributed by atoms with Crippen LogP contribution in [0.25, 0.3) is 10.8 Å². The zero-order valence-corrected chi connectivity index (χ0v) is 20.7. The Morgan fingerprint density at radius 2 is 1.47 bits per heavy atom. The molecule has 6 nitrogen and oxygen atoms in total. The zero-order chi connectivity index (χ0) is 24.7. The van der Waals surface area contributed by atoms with Crippen LogP contribution in [0, 0.1) is 0 Å². The van der Waals surface area contributed by atoms with E-state index in [0.29, 0.717) is 34.7 Å². The molecule has 0 atom stereocenters. The molecule has 0 unspecified atom stereocenters. The Balaban J connectivity index is 1.33. The van der Waals surface area contributed by atoms with Gasteiger partial charge in [-0.15, -0.1) is 10.2 Å². The third-order valence-corrected chi connectivity index (χ3v) is 6.72. The summed E-state index contributed by atoms with van der Waals surface area (Å²) in [6, 6.07) is 32.3. The predicted molar refractivity (Wildman–Crippen MR) is 146 cm³/mol. The van der Waals surface area contributed by atoms with Gasteiger partial charge in [-0.05, 0) is 34.9 Å². The molecular weight excluding hydrogens is 468 g/mol. The van der Waals surface area contributed by atoms with Crippen molar-refractivity contribution in [1.82, 2.24) is 10.2 Å². The molecule has 1 amide bonds. The second kappa shape index (κ2) is 11.0. The molecule has 36 heavy (non-hydrogen) atoms. The van der Waals surface area contributed by atoms with Gasteiger partial charge in [-0.2, -0.15) is 0 Å². The van der Waals surface area contributed by atoms with E-state index in [1.54, 1.807) is 0 Å². The molecule has 0 saturated heterocycles. The van der Waals surface area contributed by atoms with Gasteiger partial charge in [0, 0.05) is 12.5 Å². The molecule has 4 aromatic carbocycles. The molecule has 1 heterocycles. The summed E-state index contributed by atoms with van der Waals surface area (Å²) in [5.41, 5.74) is 2.93. The van der Waals surface area contributed by atoms with Gasteiger partial charge >= 0.3 is 0 Å². The van der Waals surface area contributed by atoms with Crippen LogP contribution in [0.5, 0.6) is 5.75 Å². The van der Waals surface area contributed by atoms with Gasteiger partial charge in [0.2, 0.25) is 10.3 Å². The number of amides is 1. The normalized spacial score (nSPS) is 10.9. The maximum atomic E-state index is 13.3. The van der Waals surface area contributed by atoms with Crippen LogP contribution in [0.1, 0.15) is 34.3 Å². The Morgan fingerprint density at radius 3 is 2.17 bits per heavy atom. The fourth-order valence-corrected chi connectivity index (χ4v) is 4.90. The SMILES string of the molecule is CCOc1ccc2ccccc2c1C(=O)Nc1nnc(NCC(c2ccccc2)c2ccccc2)s1. The third-order valence-electron chi connectivity index (χ3n) is 5.92. The van der Waals surface area contributed by atoms with Gasteiger partial charge in [-0.1, -0.05) is 102 Å². The lowest BCUT2D eigenvalue weighted by molar-refractivity contribution is 0.102. The predicted octanol–water partition coefficient (Wildman–Crippen LogP) is 6.59. The highest BCUT2D eigenvalue weighted by Crippen LogP contribution is 2.31. The summed E-state index contributed by atoms with van der Waals surface area (Å²) in [6.45, 7) is 3.02. The van der Waals surface area contributed by atoms with Gasteiger partial charge in [0.05, 0.1) is 12.2 Å². The van der Waals surface area contributed by atoms with Gasteiger partial charge in [0.15, 0.2) is 0 Å². The summed E-state index contributed by atoms with van der Waals surface area (Å²) in [5, 5.41) is 17.6. The minimum Gasteiger partial charge on any atom is -0.493 e. The van der Waals surface area contributed by atoms with E-state index in [9.17, 15) is 4.79 Å². The summed E-state index contributed by atoms with van der Waals surface area (Å²) in [4.78, 5) is 13.3. The molecular formula is C29H26N4O2S. The molecule has 0 radical (unpaired) electrons. The Labute approximate surface area is 214 Å². The van der Waals surface area contributed by atoms with Gasteiger partial charge in [-0.3, -0.25) is 10.1 Å². The number of carbonyl (C=O) groups excluding carboxylic acids is 1. The van der Waals surface area contributed by atoms with Crippen molar-refractivity contribution in [1.29, 1.82) is 0 Å². The average Bonchev–Trinajstić information content (AvgIpc) is 3.37. The Bertz CT molecular complexity index is 1410. The monoisotopic (exact) mass is 494 g/mol. The third kappa shape index (κ3) is 5.21. The lowest BCUT2D eigenvalue weighted by atomic mass is 9.91. The van der Waals surface area contributed by atoms with Crippen LogP contribution in [-0.2, 0) is 0 Å². The minimum absolute atomic E-state index is 0.152. The second-order valence-corrected chi connectivity index (χ2v) is 9.19. The molecule has 0 bridgehead atoms. The molecule has 0 aliphatic carbocycles. The standard InChI is InChI=1S/C29H26N4O2S/c1-2-35-25-18-17-22-15-9-10-16-23(22)26(25)27(34)31-29-33-32-28(36-29)30-19-24(20-11-5-3-6-12-20)21-13-7-4-8-14-21/h3-18,24H,2,19H2,1H3,(H,30,32)(H,31,33,34). The zero-order valence-electron chi connectivity index (χ0n) is 19.8. The van der Waals surface area contributed by atoms with E-state index in [4.69, 9.17) is 4.74 Å². The van der Waals surface area contributed by atoms with E-state index in [-0.39, 0.29) is 11.8 Å². The highest BCUT2D eigenvalue weighted by atomic mass is 32.1. The molecule has 5 aromatic rings. The number of rotatable bonds is 9. The molecule has 1 aromatic heterocycles. The molecule has 0 saturated carbocycles. The summed E-state index contributed by atoms with van der Waals surface area (Å²) in [7, 11) is 0. The number of ether oxygens (including phenoxy) is 1. The fraction of sp³-hybridized carbons (Fsp3) is 0.138. The van der Waals surface area contributed by atoms with E-state index in [1.165, 1.54) is 22.5 Å². The van der Waals surface area contributed by atoms with Crippen molar-refractivity contribution in [3.05, 3.63) is 114 Å². The maximum Gasteiger partial charge on any atom is 0.261 e. The summed E-state index contributed by atoms with van der Waals surface area (Å²) in [6.07, 6.45) is 0. The average molecular weight is 495 g/mol. The van der Waals surface area contributed by atoms with Gasteiger partial charge < -0.3 is 10.1 Å². The first-order valence-electron chi connectivity index (χ1n) is 11.9. The fourth-order valence-electron chi connectivity index (χ4n) is 4.25. The number of carbonyl (C=O) groups is 1. The Kier molecular flexibility index (Phi) is 7.19. The molecule has 0 aliphatic rings. The second-order valence-electron chi connectivity index (χ2n) is 8.21. The number of fused-ring (bicyclic) bond motifs is 1. The maximum absolute atomic E-state index is 13.3. The van der Waals surface area contributed by atoms with Gasteiger partial charge in [-0.25, -0.2) is 0 Å². The molecule has 0 fully saturated rings. The van der Waals surface area contributed by atoms with Crippen LogP contribution in [0.4, 0.5) is 10.3 Å². The number of nitrogens with one attached hydrogen (secondary N) is 2. The van der Waals surface area contributed by atoms with E-state index in [0.717, 1.165) is 10.8 Å². The van der Waals surface area contributed by atoms with Crippen molar-refractivity contribution in [2.24, 2.45) is 0 Å². The summed E-state index contributed by atoms with van der Waals surface area (Å²) >= 11 is 1.31. The summed E-state index contributed by atoms with van der Waals surface area (Å²) in [5.74, 6) is 0.424. The van der Waals surface area contributed by atoms with E-state index in [2.05, 4.69) is 45.1 Å². The first-order chi connectivity index (χ1) is 17.7. The van der Waals surface area contributed by atoms with E-state index >= 15 is 0 Å². The molecule has 0 aliphatic heterocycles. The number of benzene rings is 4. The molecule has 180 valence electrons. The number of anilines is 2. The van der Waals surface area contributed by atoms with Crippen LogP contribution in [0.2, 0.25) is 0 Å². The Morgan fingerprint density at radius 1 is 0.833 bits per heavy atom. The first-order valence-corrected chi connectivity index (χ1v) is 12.7. The van der Waals surface area contributed by atoms with Crippen LogP contribution in [0.3, 0.4) is 0 Å². The molecule has 0 spiro atoms. The van der Waals surface area contributed by atoms with Gasteiger partial charge in [0.1, 0.15) is 5.75 Å². The lowest BCUT2D eigenvalue weighted by Crippen LogP contribution is -2.14. The largest absolute Gasteiger partial charge is 0.493 e. The minimum atomic E-state index is -0.274. The number of nitrogens with zero attached hydrogens (tertiary/aromatic N) is 2. The van der Waals surface area contributed by atoms with Crippen molar-refractivity contribution < 1.29 is 9.53 Å². The van der Waals surface area contributed by atoms with Crippen molar-refractivity contribution in [3.8, 4) is 5.75 Å². The van der Waals surface area contributed by atoms with Crippen molar-refractivity contribution >= 4 is 38.3 Å². The topological polar surface area (TPSA) is 76.1 Å². The van der Waals surface area contributed by atoms with Gasteiger partial charge in [0.25, 0.3) is 5.91 Å². The highest BCUT2D eigenvalue weighted by Gasteiger charge is 2.19. The van der Waals surface area contributed by atoms with Crippen LogP contribution >= 0.6 is 11.3 Å². The number of hydrogen-bond donors (Lipinski definition) is 2. The quantitative estimate of drug-likeness (QED) is 0.242. The highest BCUT2D eigenvalue weighted by molar-refractivity contribution is 7.19. The van der Waals surface area contributed by atoms with E-state index < -0.39 is 0 Å². The summed E-state index contributed by atoms with van der Waals surface area (Å²) < 4.78 is 5.75. The van der Waals surface area contributed by atoms with E-state index in [1.807, 2.05) is 79.7 Å². The van der Waals surface area contributed by atoms with Crippen molar-refractivity contribution in [2.75, 3.05) is 23.8 Å².